The molecule has 2 saturated heterocycles. The van der Waals surface area contributed by atoms with Crippen molar-refractivity contribution in [2.24, 2.45) is 17.8 Å². The van der Waals surface area contributed by atoms with Crippen LogP contribution in [0.15, 0.2) is 66.2 Å². The molecule has 0 bridgehead atoms. The maximum absolute atomic E-state index is 14.2. The summed E-state index contributed by atoms with van der Waals surface area (Å²) in [7, 11) is 0. The summed E-state index contributed by atoms with van der Waals surface area (Å²) in [5, 5.41) is 11.4. The molecule has 0 spiro atoms. The third-order valence-corrected chi connectivity index (χ3v) is 12.0. The van der Waals surface area contributed by atoms with Gasteiger partial charge in [0.25, 0.3) is 11.8 Å². The standard InChI is InChI=1S/C33H21BrCl2F6N2O5/c34-13-43-28(48)30(35)12-22-20(25(31(30,36)29(43)49)19-7-8-23(45)18-4-2-1-3-17(18)19)5-6-21-24(22)27(47)44(26(21)46)16-10-14(32(37,38)39)9-15(11-16)33(40,41)42/h1-5,7-11,21-22,24-25,45H,6,12-13H2. The fraction of sp³-hybridized carbons (Fsp3) is 0.333. The minimum atomic E-state index is -5.24. The topological polar surface area (TPSA) is 95.0 Å². The van der Waals surface area contributed by atoms with Crippen LogP contribution < -0.4 is 4.90 Å². The summed E-state index contributed by atoms with van der Waals surface area (Å²) >= 11 is 17.6. The highest BCUT2D eigenvalue weighted by Crippen LogP contribution is 2.66. The molecule has 0 radical (unpaired) electrons. The summed E-state index contributed by atoms with van der Waals surface area (Å²) < 4.78 is 82.4. The second-order valence-corrected chi connectivity index (χ2v) is 14.2. The molecule has 3 aromatic rings. The molecule has 6 unspecified atom stereocenters. The number of amides is 4. The van der Waals surface area contributed by atoms with E-state index in [0.717, 1.165) is 4.90 Å². The minimum Gasteiger partial charge on any atom is -0.507 e. The number of allylic oxidation sites excluding steroid dienone is 2. The Bertz CT molecular complexity index is 2010. The van der Waals surface area contributed by atoms with Gasteiger partial charge in [0.1, 0.15) is 5.75 Å². The van der Waals surface area contributed by atoms with Crippen LogP contribution in [0.4, 0.5) is 32.0 Å². The summed E-state index contributed by atoms with van der Waals surface area (Å²) in [4.78, 5) is 52.7. The van der Waals surface area contributed by atoms with Gasteiger partial charge in [-0.2, -0.15) is 26.3 Å². The number of hydrogen-bond donors (Lipinski definition) is 1. The van der Waals surface area contributed by atoms with Crippen molar-refractivity contribution in [3.8, 4) is 5.75 Å². The zero-order valence-corrected chi connectivity index (χ0v) is 27.7. The van der Waals surface area contributed by atoms with Crippen molar-refractivity contribution >= 4 is 79.2 Å². The van der Waals surface area contributed by atoms with Gasteiger partial charge in [0.15, 0.2) is 9.75 Å². The number of aromatic hydroxyl groups is 1. The quantitative estimate of drug-likeness (QED) is 0.0976. The second-order valence-electron chi connectivity index (χ2n) is 12.5. The molecule has 3 fully saturated rings. The Labute approximate surface area is 291 Å². The Hall–Kier alpha value is -3.62. The number of fused-ring (bicyclic) bond motifs is 5. The zero-order valence-electron chi connectivity index (χ0n) is 24.6. The van der Waals surface area contributed by atoms with Gasteiger partial charge in [-0.25, -0.2) is 4.90 Å². The van der Waals surface area contributed by atoms with Crippen LogP contribution in [0.5, 0.6) is 5.75 Å². The molecule has 7 nitrogen and oxygen atoms in total. The number of imide groups is 2. The highest BCUT2D eigenvalue weighted by atomic mass is 79.9. The van der Waals surface area contributed by atoms with Gasteiger partial charge in [-0.05, 0) is 54.0 Å². The van der Waals surface area contributed by atoms with Gasteiger partial charge >= 0.3 is 12.4 Å². The molecular formula is C33H21BrCl2F6N2O5. The van der Waals surface area contributed by atoms with Crippen molar-refractivity contribution in [3.05, 3.63) is 82.9 Å². The maximum Gasteiger partial charge on any atom is 0.416 e. The predicted octanol–water partition coefficient (Wildman–Crippen LogP) is 7.50. The molecule has 4 aliphatic rings. The number of alkyl halides is 9. The van der Waals surface area contributed by atoms with Gasteiger partial charge in [0, 0.05) is 11.3 Å². The first-order valence-corrected chi connectivity index (χ1v) is 16.6. The molecule has 256 valence electrons. The molecule has 49 heavy (non-hydrogen) atoms. The van der Waals surface area contributed by atoms with E-state index >= 15 is 0 Å². The second kappa shape index (κ2) is 10.9. The predicted molar refractivity (Wildman–Crippen MR) is 168 cm³/mol. The molecule has 0 aromatic heterocycles. The fourth-order valence-corrected chi connectivity index (χ4v) is 9.40. The number of hydrogen-bond acceptors (Lipinski definition) is 5. The Kier molecular flexibility index (Phi) is 7.56. The lowest BCUT2D eigenvalue weighted by molar-refractivity contribution is -0.143. The number of benzene rings is 3. The van der Waals surface area contributed by atoms with Crippen LogP contribution in [0.3, 0.4) is 0 Å². The maximum atomic E-state index is 14.2. The first-order valence-electron chi connectivity index (χ1n) is 14.7. The van der Waals surface area contributed by atoms with Crippen LogP contribution in [0, 0.1) is 17.8 Å². The average Bonchev–Trinajstić information content (AvgIpc) is 3.38. The van der Waals surface area contributed by atoms with E-state index in [1.165, 1.54) is 12.1 Å². The smallest absolute Gasteiger partial charge is 0.416 e. The summed E-state index contributed by atoms with van der Waals surface area (Å²) in [6, 6.07) is 9.97. The number of phenolic OH excluding ortho intramolecular Hbond substituents is 1. The van der Waals surface area contributed by atoms with E-state index in [1.807, 2.05) is 0 Å². The largest absolute Gasteiger partial charge is 0.507 e. The van der Waals surface area contributed by atoms with Crippen LogP contribution in [-0.2, 0) is 31.5 Å². The molecular weight excluding hydrogens is 769 g/mol. The first kappa shape index (κ1) is 33.9. The van der Waals surface area contributed by atoms with Crippen LogP contribution >= 0.6 is 39.1 Å². The number of carbonyl (C=O) groups excluding carboxylic acids is 4. The van der Waals surface area contributed by atoms with E-state index in [2.05, 4.69) is 15.9 Å². The number of likely N-dealkylation sites (tertiary alicyclic amines) is 1. The lowest BCUT2D eigenvalue weighted by Crippen LogP contribution is -2.60. The highest BCUT2D eigenvalue weighted by Gasteiger charge is 2.76. The third-order valence-electron chi connectivity index (χ3n) is 10.1. The molecule has 3 aromatic carbocycles. The van der Waals surface area contributed by atoms with Crippen LogP contribution in [-0.4, -0.2) is 48.8 Å². The average molecular weight is 790 g/mol. The summed E-state index contributed by atoms with van der Waals surface area (Å²) in [6.45, 7) is 0. The van der Waals surface area contributed by atoms with Gasteiger partial charge in [-0.3, -0.25) is 24.1 Å². The molecule has 2 heterocycles. The number of phenols is 1. The lowest BCUT2D eigenvalue weighted by atomic mass is 9.56. The molecule has 7 rings (SSSR count). The molecule has 6 atom stereocenters. The molecule has 2 aliphatic carbocycles. The SMILES string of the molecule is O=C1C2CC=C3C(CC4(Cl)C(=O)N(CBr)C(=O)C4(Cl)C3c3ccc(O)c4ccccc34)C2C(=O)N1c1cc(C(F)(F)F)cc(C(F)(F)F)c1. The summed E-state index contributed by atoms with van der Waals surface area (Å²) in [5.74, 6) is -8.86. The van der Waals surface area contributed by atoms with E-state index in [1.54, 1.807) is 30.3 Å². The van der Waals surface area contributed by atoms with Crippen molar-refractivity contribution in [2.45, 2.75) is 40.9 Å². The number of carbonyl (C=O) groups is 4. The van der Waals surface area contributed by atoms with Crippen molar-refractivity contribution < 1.29 is 50.6 Å². The van der Waals surface area contributed by atoms with Crippen LogP contribution in [0.1, 0.15) is 35.4 Å². The van der Waals surface area contributed by atoms with E-state index < -0.39 is 92.6 Å². The monoisotopic (exact) mass is 788 g/mol. The number of anilines is 1. The van der Waals surface area contributed by atoms with E-state index in [9.17, 15) is 50.6 Å². The zero-order chi connectivity index (χ0) is 35.6. The molecule has 4 amide bonds. The first-order chi connectivity index (χ1) is 22.9. The van der Waals surface area contributed by atoms with E-state index in [0.29, 0.717) is 38.9 Å². The van der Waals surface area contributed by atoms with Crippen LogP contribution in [0.2, 0.25) is 0 Å². The third kappa shape index (κ3) is 4.62. The van der Waals surface area contributed by atoms with Crippen LogP contribution in [0.25, 0.3) is 10.8 Å². The van der Waals surface area contributed by atoms with Gasteiger partial charge in [-0.1, -0.05) is 57.9 Å². The fourth-order valence-electron chi connectivity index (χ4n) is 7.98. The van der Waals surface area contributed by atoms with Gasteiger partial charge < -0.3 is 5.11 Å². The Morgan fingerprint density at radius 1 is 0.837 bits per heavy atom. The Morgan fingerprint density at radius 2 is 1.45 bits per heavy atom. The van der Waals surface area contributed by atoms with Gasteiger partial charge in [-0.15, -0.1) is 23.2 Å². The van der Waals surface area contributed by atoms with Crippen molar-refractivity contribution in [1.82, 2.24) is 4.90 Å². The molecule has 1 saturated carbocycles. The van der Waals surface area contributed by atoms with Crippen molar-refractivity contribution in [1.29, 1.82) is 0 Å². The molecule has 1 N–H and O–H groups in total. The number of halogens is 9. The Balaban J connectivity index is 1.41. The molecule has 16 heteroatoms. The Morgan fingerprint density at radius 3 is 2.04 bits per heavy atom. The molecule has 2 aliphatic heterocycles. The number of nitrogens with zero attached hydrogens (tertiary/aromatic N) is 2. The van der Waals surface area contributed by atoms with E-state index in [-0.39, 0.29) is 23.7 Å². The highest BCUT2D eigenvalue weighted by molar-refractivity contribution is 9.09. The number of rotatable bonds is 3. The van der Waals surface area contributed by atoms with Gasteiger partial charge in [0.05, 0.1) is 34.1 Å². The summed E-state index contributed by atoms with van der Waals surface area (Å²) in [6.07, 6.45) is -9.53. The normalized spacial score (nSPS) is 30.1. The summed E-state index contributed by atoms with van der Waals surface area (Å²) in [5.41, 5.74) is -3.89. The van der Waals surface area contributed by atoms with Crippen molar-refractivity contribution in [2.75, 3.05) is 10.4 Å². The lowest BCUT2D eigenvalue weighted by Gasteiger charge is -2.51. The minimum absolute atomic E-state index is 0.104. The van der Waals surface area contributed by atoms with E-state index in [4.69, 9.17) is 23.2 Å². The van der Waals surface area contributed by atoms with Gasteiger partial charge in [0.2, 0.25) is 11.8 Å². The van der Waals surface area contributed by atoms with Crippen molar-refractivity contribution in [3.63, 3.8) is 0 Å².